The van der Waals surface area contributed by atoms with Crippen molar-refractivity contribution < 1.29 is 4.74 Å². The Labute approximate surface area is 123 Å². The summed E-state index contributed by atoms with van der Waals surface area (Å²) in [7, 11) is 0. The summed E-state index contributed by atoms with van der Waals surface area (Å²) in [5, 5.41) is 8.92. The highest BCUT2D eigenvalue weighted by molar-refractivity contribution is 5.78. The van der Waals surface area contributed by atoms with Crippen LogP contribution in [-0.2, 0) is 0 Å². The van der Waals surface area contributed by atoms with Crippen LogP contribution in [0.4, 0.5) is 0 Å². The lowest BCUT2D eigenvalue weighted by atomic mass is 10.2. The van der Waals surface area contributed by atoms with E-state index in [9.17, 15) is 0 Å². The molecule has 4 nitrogen and oxygen atoms in total. The molecule has 0 radical (unpaired) electrons. The Morgan fingerprint density at radius 3 is 2.57 bits per heavy atom. The Kier molecular flexibility index (Phi) is 3.33. The van der Waals surface area contributed by atoms with E-state index in [2.05, 4.69) is 11.1 Å². The monoisotopic (exact) mass is 277 g/mol. The van der Waals surface area contributed by atoms with Crippen LogP contribution in [0.3, 0.4) is 0 Å². The molecule has 1 aromatic heterocycles. The average molecular weight is 277 g/mol. The minimum Gasteiger partial charge on any atom is -0.491 e. The standard InChI is InChI=1S/C17H15N3O/c1-12(2)21-15-6-4-14(5-7-15)20-11-19-16-9-13(10-18)3-8-17(16)20/h3-9,11-12H,1-2H3. The Morgan fingerprint density at radius 1 is 1.14 bits per heavy atom. The van der Waals surface area contributed by atoms with E-state index in [0.29, 0.717) is 5.56 Å². The van der Waals surface area contributed by atoms with Gasteiger partial charge in [0.2, 0.25) is 0 Å². The van der Waals surface area contributed by atoms with E-state index in [1.807, 2.05) is 48.7 Å². The molecule has 0 bridgehead atoms. The molecule has 1 heterocycles. The van der Waals surface area contributed by atoms with Crippen LogP contribution in [-0.4, -0.2) is 15.7 Å². The molecule has 0 aliphatic rings. The van der Waals surface area contributed by atoms with E-state index in [1.54, 1.807) is 18.5 Å². The van der Waals surface area contributed by atoms with Gasteiger partial charge in [-0.05, 0) is 56.3 Å². The van der Waals surface area contributed by atoms with Gasteiger partial charge in [-0.3, -0.25) is 4.57 Å². The first kappa shape index (κ1) is 13.2. The van der Waals surface area contributed by atoms with Crippen molar-refractivity contribution >= 4 is 11.0 Å². The highest BCUT2D eigenvalue weighted by Gasteiger charge is 2.06. The highest BCUT2D eigenvalue weighted by atomic mass is 16.5. The fourth-order valence-electron chi connectivity index (χ4n) is 2.25. The third-order valence-electron chi connectivity index (χ3n) is 3.16. The lowest BCUT2D eigenvalue weighted by Gasteiger charge is -2.10. The van der Waals surface area contributed by atoms with E-state index in [1.165, 1.54) is 0 Å². The minimum atomic E-state index is 0.161. The maximum Gasteiger partial charge on any atom is 0.119 e. The predicted octanol–water partition coefficient (Wildman–Crippen LogP) is 3.68. The molecule has 0 fully saturated rings. The number of hydrogen-bond donors (Lipinski definition) is 0. The van der Waals surface area contributed by atoms with Crippen LogP contribution in [0.25, 0.3) is 16.7 Å². The van der Waals surface area contributed by atoms with Crippen LogP contribution in [0, 0.1) is 11.3 Å². The molecule has 0 unspecified atom stereocenters. The van der Waals surface area contributed by atoms with Crippen LogP contribution in [0.1, 0.15) is 19.4 Å². The Hall–Kier alpha value is -2.80. The van der Waals surface area contributed by atoms with Gasteiger partial charge in [0, 0.05) is 5.69 Å². The topological polar surface area (TPSA) is 50.8 Å². The molecule has 0 spiro atoms. The summed E-state index contributed by atoms with van der Waals surface area (Å²) in [6.07, 6.45) is 1.93. The first-order valence-corrected chi connectivity index (χ1v) is 6.81. The Balaban J connectivity index is 1.99. The van der Waals surface area contributed by atoms with Gasteiger partial charge in [-0.15, -0.1) is 0 Å². The number of fused-ring (bicyclic) bond motifs is 1. The van der Waals surface area contributed by atoms with Crippen molar-refractivity contribution in [3.05, 3.63) is 54.4 Å². The summed E-state index contributed by atoms with van der Waals surface area (Å²) in [6, 6.07) is 15.5. The molecule has 3 rings (SSSR count). The van der Waals surface area contributed by atoms with Crippen molar-refractivity contribution in [2.75, 3.05) is 0 Å². The fraction of sp³-hybridized carbons (Fsp3) is 0.176. The number of benzene rings is 2. The third kappa shape index (κ3) is 2.59. The molecule has 0 atom stereocenters. The summed E-state index contributed by atoms with van der Waals surface area (Å²) >= 11 is 0. The van der Waals surface area contributed by atoms with Crippen LogP contribution >= 0.6 is 0 Å². The zero-order chi connectivity index (χ0) is 14.8. The zero-order valence-electron chi connectivity index (χ0n) is 11.9. The van der Waals surface area contributed by atoms with E-state index < -0.39 is 0 Å². The van der Waals surface area contributed by atoms with Crippen LogP contribution in [0.2, 0.25) is 0 Å². The van der Waals surface area contributed by atoms with Gasteiger partial charge in [-0.25, -0.2) is 4.98 Å². The van der Waals surface area contributed by atoms with E-state index >= 15 is 0 Å². The minimum absolute atomic E-state index is 0.161. The van der Waals surface area contributed by atoms with Gasteiger partial charge in [-0.1, -0.05) is 0 Å². The molecule has 21 heavy (non-hydrogen) atoms. The zero-order valence-corrected chi connectivity index (χ0v) is 11.9. The van der Waals surface area contributed by atoms with Crippen LogP contribution < -0.4 is 4.74 Å². The SMILES string of the molecule is CC(C)Oc1ccc(-n2cnc3cc(C#N)ccc32)cc1. The maximum absolute atomic E-state index is 8.92. The molecule has 0 aliphatic carbocycles. The summed E-state index contributed by atoms with van der Waals surface area (Å²) < 4.78 is 7.64. The van der Waals surface area contributed by atoms with Gasteiger partial charge < -0.3 is 4.74 Å². The number of imidazole rings is 1. The highest BCUT2D eigenvalue weighted by Crippen LogP contribution is 2.21. The number of rotatable bonds is 3. The average Bonchev–Trinajstić information content (AvgIpc) is 2.90. The summed E-state index contributed by atoms with van der Waals surface area (Å²) in [5.41, 5.74) is 3.43. The second-order valence-corrected chi connectivity index (χ2v) is 5.09. The van der Waals surface area contributed by atoms with E-state index in [0.717, 1.165) is 22.5 Å². The van der Waals surface area contributed by atoms with Gasteiger partial charge in [-0.2, -0.15) is 5.26 Å². The molecule has 0 amide bonds. The maximum atomic E-state index is 8.92. The molecular weight excluding hydrogens is 262 g/mol. The molecule has 3 aromatic rings. The molecule has 104 valence electrons. The predicted molar refractivity (Wildman–Crippen MR) is 81.5 cm³/mol. The number of hydrogen-bond acceptors (Lipinski definition) is 3. The number of ether oxygens (including phenoxy) is 1. The lowest BCUT2D eigenvalue weighted by molar-refractivity contribution is 0.242. The van der Waals surface area contributed by atoms with E-state index in [4.69, 9.17) is 10.00 Å². The first-order chi connectivity index (χ1) is 10.2. The van der Waals surface area contributed by atoms with Crippen molar-refractivity contribution in [3.63, 3.8) is 0 Å². The smallest absolute Gasteiger partial charge is 0.119 e. The number of aromatic nitrogens is 2. The molecule has 4 heteroatoms. The van der Waals surface area contributed by atoms with Crippen molar-refractivity contribution in [1.29, 1.82) is 5.26 Å². The van der Waals surface area contributed by atoms with E-state index in [-0.39, 0.29) is 6.10 Å². The third-order valence-corrected chi connectivity index (χ3v) is 3.16. The number of nitriles is 1. The van der Waals surface area contributed by atoms with Gasteiger partial charge in [0.05, 0.1) is 28.8 Å². The molecular formula is C17H15N3O. The lowest BCUT2D eigenvalue weighted by Crippen LogP contribution is -2.05. The van der Waals surface area contributed by atoms with Gasteiger partial charge >= 0.3 is 0 Å². The van der Waals surface area contributed by atoms with Crippen LogP contribution in [0.5, 0.6) is 5.75 Å². The van der Waals surface area contributed by atoms with Crippen molar-refractivity contribution in [3.8, 4) is 17.5 Å². The van der Waals surface area contributed by atoms with Crippen molar-refractivity contribution in [1.82, 2.24) is 9.55 Å². The van der Waals surface area contributed by atoms with Gasteiger partial charge in [0.15, 0.2) is 0 Å². The molecule has 0 aliphatic heterocycles. The molecule has 0 saturated heterocycles. The second-order valence-electron chi connectivity index (χ2n) is 5.09. The van der Waals surface area contributed by atoms with Crippen molar-refractivity contribution in [2.24, 2.45) is 0 Å². The van der Waals surface area contributed by atoms with Crippen molar-refractivity contribution in [2.45, 2.75) is 20.0 Å². The second kappa shape index (κ2) is 5.29. The summed E-state index contributed by atoms with van der Waals surface area (Å²) in [6.45, 7) is 4.01. The first-order valence-electron chi connectivity index (χ1n) is 6.81. The fourth-order valence-corrected chi connectivity index (χ4v) is 2.25. The largest absolute Gasteiger partial charge is 0.491 e. The van der Waals surface area contributed by atoms with Crippen LogP contribution in [0.15, 0.2) is 48.8 Å². The Morgan fingerprint density at radius 2 is 1.90 bits per heavy atom. The Bertz CT molecular complexity index is 810. The van der Waals surface area contributed by atoms with Gasteiger partial charge in [0.1, 0.15) is 12.1 Å². The van der Waals surface area contributed by atoms with Gasteiger partial charge in [0.25, 0.3) is 0 Å². The molecule has 0 saturated carbocycles. The molecule has 0 N–H and O–H groups in total. The molecule has 2 aromatic carbocycles. The number of nitrogens with zero attached hydrogens (tertiary/aromatic N) is 3. The quantitative estimate of drug-likeness (QED) is 0.733. The normalized spacial score (nSPS) is 10.8. The summed E-state index contributed by atoms with van der Waals surface area (Å²) in [5.74, 6) is 0.852. The summed E-state index contributed by atoms with van der Waals surface area (Å²) in [4.78, 5) is 4.36.